The molecule has 5 rings (SSSR count). The van der Waals surface area contributed by atoms with Crippen LogP contribution in [0.1, 0.15) is 19.4 Å². The SMILES string of the molecule is CC1(C)C=Cc2c(cc(O)c3c(=O)c(O[C@@H]4O[C@H](CO)[C@@H](O)[C@H](O)[C@H]4O)c(-c4ccc(O)c(O)c4)oc23)O1. The van der Waals surface area contributed by atoms with Crippen LogP contribution in [0.25, 0.3) is 28.4 Å². The van der Waals surface area contributed by atoms with E-state index < -0.39 is 71.3 Å². The van der Waals surface area contributed by atoms with Gasteiger partial charge >= 0.3 is 0 Å². The Hall–Kier alpha value is -3.81. The molecule has 0 bridgehead atoms. The van der Waals surface area contributed by atoms with Crippen LogP contribution in [-0.2, 0) is 4.74 Å². The third-order valence-corrected chi connectivity index (χ3v) is 6.45. The lowest BCUT2D eigenvalue weighted by Crippen LogP contribution is -2.60. The van der Waals surface area contributed by atoms with E-state index in [1.807, 2.05) is 0 Å². The Morgan fingerprint density at radius 2 is 1.71 bits per heavy atom. The number of benzene rings is 2. The van der Waals surface area contributed by atoms with Crippen LogP contribution in [-0.4, -0.2) is 78.7 Å². The monoisotopic (exact) mass is 530 g/mol. The molecule has 5 atom stereocenters. The number of fused-ring (bicyclic) bond motifs is 3. The van der Waals surface area contributed by atoms with E-state index in [1.54, 1.807) is 26.0 Å². The van der Waals surface area contributed by atoms with Gasteiger partial charge in [-0.3, -0.25) is 4.79 Å². The van der Waals surface area contributed by atoms with E-state index in [0.717, 1.165) is 12.1 Å². The van der Waals surface area contributed by atoms with Crippen LogP contribution in [0.4, 0.5) is 0 Å². The Labute approximate surface area is 214 Å². The van der Waals surface area contributed by atoms with Crippen LogP contribution in [0.15, 0.2) is 39.6 Å². The predicted molar refractivity (Wildman–Crippen MR) is 131 cm³/mol. The number of aromatic hydroxyl groups is 3. The minimum absolute atomic E-state index is 0.0667. The van der Waals surface area contributed by atoms with E-state index in [9.17, 15) is 40.5 Å². The molecule has 38 heavy (non-hydrogen) atoms. The van der Waals surface area contributed by atoms with Crippen molar-refractivity contribution in [3.63, 3.8) is 0 Å². The molecule has 0 spiro atoms. The molecule has 1 fully saturated rings. The Morgan fingerprint density at radius 3 is 2.39 bits per heavy atom. The van der Waals surface area contributed by atoms with Crippen molar-refractivity contribution in [2.45, 2.75) is 50.2 Å². The standard InChI is InChI=1S/C26H26O12/c1-26(2)6-5-11-15(38-26)8-14(30)17-19(32)24(37-25-21(34)20(33)18(31)16(9-27)35-25)22(36-23(11)17)10-3-4-12(28)13(29)7-10/h3-8,16,18,20-21,25,27-31,33-34H,9H2,1-2H3/t16-,18-,20+,21-,25+/m1/s1. The summed E-state index contributed by atoms with van der Waals surface area (Å²) in [5.41, 5.74) is -1.26. The lowest BCUT2D eigenvalue weighted by molar-refractivity contribution is -0.277. The first-order chi connectivity index (χ1) is 17.9. The van der Waals surface area contributed by atoms with Crippen molar-refractivity contribution in [1.29, 1.82) is 0 Å². The predicted octanol–water partition coefficient (Wildman–Crippen LogP) is 0.940. The largest absolute Gasteiger partial charge is 0.507 e. The van der Waals surface area contributed by atoms with Gasteiger partial charge in [-0.05, 0) is 44.2 Å². The summed E-state index contributed by atoms with van der Waals surface area (Å²) in [7, 11) is 0. The van der Waals surface area contributed by atoms with E-state index in [2.05, 4.69) is 0 Å². The van der Waals surface area contributed by atoms with Crippen LogP contribution < -0.4 is 14.9 Å². The molecule has 0 aliphatic carbocycles. The van der Waals surface area contributed by atoms with Crippen molar-refractivity contribution in [3.8, 4) is 40.1 Å². The average Bonchev–Trinajstić information content (AvgIpc) is 2.86. The molecule has 7 N–H and O–H groups in total. The molecule has 0 saturated carbocycles. The molecule has 0 unspecified atom stereocenters. The summed E-state index contributed by atoms with van der Waals surface area (Å²) in [6, 6.07) is 4.83. The first kappa shape index (κ1) is 25.8. The van der Waals surface area contributed by atoms with Crippen molar-refractivity contribution in [2.24, 2.45) is 0 Å². The molecular formula is C26H26O12. The van der Waals surface area contributed by atoms with E-state index >= 15 is 0 Å². The Balaban J connectivity index is 1.74. The van der Waals surface area contributed by atoms with Gasteiger partial charge < -0.3 is 54.4 Å². The summed E-state index contributed by atoms with van der Waals surface area (Å²) < 4.78 is 23.0. The third-order valence-electron chi connectivity index (χ3n) is 6.45. The van der Waals surface area contributed by atoms with Gasteiger partial charge in [0.2, 0.25) is 17.5 Å². The number of hydrogen-bond acceptors (Lipinski definition) is 12. The summed E-state index contributed by atoms with van der Waals surface area (Å²) in [6.07, 6.45) is -4.97. The van der Waals surface area contributed by atoms with Crippen molar-refractivity contribution in [2.75, 3.05) is 6.61 Å². The normalized spacial score (nSPS) is 26.1. The highest BCUT2D eigenvalue weighted by atomic mass is 16.7. The van der Waals surface area contributed by atoms with Gasteiger partial charge in [0.05, 0.1) is 12.2 Å². The number of hydrogen-bond donors (Lipinski definition) is 7. The van der Waals surface area contributed by atoms with E-state index in [-0.39, 0.29) is 28.0 Å². The smallest absolute Gasteiger partial charge is 0.239 e. The number of phenolic OH excluding ortho intramolecular Hbond substituents is 3. The second-order valence-electron chi connectivity index (χ2n) is 9.66. The van der Waals surface area contributed by atoms with Crippen LogP contribution in [0.2, 0.25) is 0 Å². The molecule has 3 heterocycles. The molecule has 2 aliphatic heterocycles. The molecule has 1 aromatic heterocycles. The van der Waals surface area contributed by atoms with Gasteiger partial charge in [-0.15, -0.1) is 0 Å². The van der Waals surface area contributed by atoms with Gasteiger partial charge in [0, 0.05) is 11.6 Å². The highest BCUT2D eigenvalue weighted by Gasteiger charge is 2.45. The maximum absolute atomic E-state index is 13.8. The molecule has 12 nitrogen and oxygen atoms in total. The Morgan fingerprint density at radius 1 is 0.974 bits per heavy atom. The number of phenols is 3. The fourth-order valence-corrected chi connectivity index (χ4v) is 4.41. The molecular weight excluding hydrogens is 504 g/mol. The molecule has 3 aromatic rings. The molecule has 0 amide bonds. The fraction of sp³-hybridized carbons (Fsp3) is 0.346. The zero-order valence-electron chi connectivity index (χ0n) is 20.2. The van der Waals surface area contributed by atoms with Gasteiger partial charge in [-0.2, -0.15) is 0 Å². The molecule has 0 radical (unpaired) electrons. The second-order valence-corrected chi connectivity index (χ2v) is 9.66. The summed E-state index contributed by atoms with van der Waals surface area (Å²) in [4.78, 5) is 13.8. The van der Waals surface area contributed by atoms with Crippen LogP contribution in [0.3, 0.4) is 0 Å². The Kier molecular flexibility index (Phi) is 6.24. The highest BCUT2D eigenvalue weighted by Crippen LogP contribution is 2.44. The molecule has 2 aromatic carbocycles. The lowest BCUT2D eigenvalue weighted by Gasteiger charge is -2.39. The zero-order chi connectivity index (χ0) is 27.5. The van der Waals surface area contributed by atoms with E-state index in [0.29, 0.717) is 5.56 Å². The first-order valence-corrected chi connectivity index (χ1v) is 11.7. The van der Waals surface area contributed by atoms with Crippen molar-refractivity contribution < 1.29 is 54.4 Å². The number of aliphatic hydroxyl groups excluding tert-OH is 4. The number of rotatable bonds is 4. The summed E-state index contributed by atoms with van der Waals surface area (Å²) in [5.74, 6) is -2.08. The minimum atomic E-state index is -1.85. The van der Waals surface area contributed by atoms with Crippen molar-refractivity contribution in [3.05, 3.63) is 46.1 Å². The van der Waals surface area contributed by atoms with Crippen molar-refractivity contribution >= 4 is 17.0 Å². The second kappa shape index (κ2) is 9.19. The minimum Gasteiger partial charge on any atom is -0.507 e. The van der Waals surface area contributed by atoms with Gasteiger partial charge in [0.1, 0.15) is 46.9 Å². The number of aliphatic hydroxyl groups is 4. The van der Waals surface area contributed by atoms with Crippen LogP contribution in [0.5, 0.6) is 28.7 Å². The fourth-order valence-electron chi connectivity index (χ4n) is 4.41. The topological polar surface area (TPSA) is 200 Å². The molecule has 2 aliphatic rings. The van der Waals surface area contributed by atoms with E-state index in [1.165, 1.54) is 12.1 Å². The maximum atomic E-state index is 13.8. The summed E-state index contributed by atoms with van der Waals surface area (Å²) >= 11 is 0. The molecule has 1 saturated heterocycles. The van der Waals surface area contributed by atoms with Gasteiger partial charge in [0.25, 0.3) is 0 Å². The lowest BCUT2D eigenvalue weighted by atomic mass is 9.98. The number of ether oxygens (including phenoxy) is 3. The summed E-state index contributed by atoms with van der Waals surface area (Å²) in [6.45, 7) is 2.86. The van der Waals surface area contributed by atoms with Gasteiger partial charge in [0.15, 0.2) is 22.8 Å². The van der Waals surface area contributed by atoms with Gasteiger partial charge in [-0.1, -0.05) is 0 Å². The van der Waals surface area contributed by atoms with Crippen LogP contribution in [0, 0.1) is 0 Å². The molecule has 12 heteroatoms. The van der Waals surface area contributed by atoms with E-state index in [4.69, 9.17) is 18.6 Å². The first-order valence-electron chi connectivity index (χ1n) is 11.7. The zero-order valence-corrected chi connectivity index (χ0v) is 20.2. The third kappa shape index (κ3) is 4.22. The summed E-state index contributed by atoms with van der Waals surface area (Å²) in [5, 5.41) is 70.6. The average molecular weight is 530 g/mol. The molecule has 202 valence electrons. The quantitative estimate of drug-likeness (QED) is 0.236. The Bertz CT molecular complexity index is 1490. The van der Waals surface area contributed by atoms with Crippen LogP contribution >= 0.6 is 0 Å². The van der Waals surface area contributed by atoms with Crippen molar-refractivity contribution in [1.82, 2.24) is 0 Å². The van der Waals surface area contributed by atoms with Gasteiger partial charge in [-0.25, -0.2) is 0 Å². The highest BCUT2D eigenvalue weighted by molar-refractivity contribution is 5.95. The maximum Gasteiger partial charge on any atom is 0.239 e.